The van der Waals surface area contributed by atoms with Crippen molar-refractivity contribution in [1.82, 2.24) is 0 Å². The lowest BCUT2D eigenvalue weighted by molar-refractivity contribution is 0.0812. The molecule has 0 spiro atoms. The van der Waals surface area contributed by atoms with E-state index in [-0.39, 0.29) is 11.3 Å². The van der Waals surface area contributed by atoms with Crippen molar-refractivity contribution in [3.8, 4) is 5.75 Å². The standard InChI is InChI=1S/C19H16F2O3/c1-11(19(23)16-7-5-13(20)10-17(16)21)24-14-6-8-15-12(9-14)3-2-4-18(15)22/h5-11H,2-4H2,1H3/t11-/m1/s1. The molecule has 0 fully saturated rings. The van der Waals surface area contributed by atoms with Crippen LogP contribution in [0.25, 0.3) is 0 Å². The van der Waals surface area contributed by atoms with Crippen LogP contribution in [0.3, 0.4) is 0 Å². The van der Waals surface area contributed by atoms with E-state index in [1.165, 1.54) is 6.92 Å². The number of aryl methyl sites for hydroxylation is 1. The zero-order valence-corrected chi connectivity index (χ0v) is 13.1. The third-order valence-corrected chi connectivity index (χ3v) is 4.11. The molecule has 0 amide bonds. The number of fused-ring (bicyclic) bond motifs is 1. The number of benzene rings is 2. The van der Waals surface area contributed by atoms with Crippen molar-refractivity contribution in [3.63, 3.8) is 0 Å². The minimum Gasteiger partial charge on any atom is -0.483 e. The lowest BCUT2D eigenvalue weighted by atomic mass is 9.90. The molecule has 24 heavy (non-hydrogen) atoms. The molecular weight excluding hydrogens is 314 g/mol. The average Bonchev–Trinajstić information content (AvgIpc) is 2.54. The Labute approximate surface area is 138 Å². The minimum absolute atomic E-state index is 0.111. The van der Waals surface area contributed by atoms with E-state index in [4.69, 9.17) is 4.74 Å². The SMILES string of the molecule is C[C@@H](Oc1ccc2c(c1)CCCC2=O)C(=O)c1ccc(F)cc1F. The van der Waals surface area contributed by atoms with Crippen molar-refractivity contribution < 1.29 is 23.1 Å². The highest BCUT2D eigenvalue weighted by Gasteiger charge is 2.22. The third-order valence-electron chi connectivity index (χ3n) is 4.11. The fourth-order valence-corrected chi connectivity index (χ4v) is 2.86. The fraction of sp³-hybridized carbons (Fsp3) is 0.263. The minimum atomic E-state index is -0.928. The molecule has 1 aliphatic rings. The van der Waals surface area contributed by atoms with Crippen LogP contribution in [0, 0.1) is 11.6 Å². The van der Waals surface area contributed by atoms with Gasteiger partial charge in [-0.15, -0.1) is 0 Å². The molecule has 0 saturated heterocycles. The van der Waals surface area contributed by atoms with Gasteiger partial charge in [0, 0.05) is 18.1 Å². The predicted molar refractivity (Wildman–Crippen MR) is 84.5 cm³/mol. The topological polar surface area (TPSA) is 43.4 Å². The van der Waals surface area contributed by atoms with Gasteiger partial charge >= 0.3 is 0 Å². The maximum Gasteiger partial charge on any atom is 0.205 e. The second-order valence-corrected chi connectivity index (χ2v) is 5.84. The number of carbonyl (C=O) groups excluding carboxylic acids is 2. The molecule has 0 aliphatic heterocycles. The van der Waals surface area contributed by atoms with E-state index in [9.17, 15) is 18.4 Å². The van der Waals surface area contributed by atoms with Gasteiger partial charge in [0.2, 0.25) is 5.78 Å². The Kier molecular flexibility index (Phi) is 4.42. The zero-order valence-electron chi connectivity index (χ0n) is 13.1. The summed E-state index contributed by atoms with van der Waals surface area (Å²) >= 11 is 0. The Balaban J connectivity index is 1.78. The smallest absolute Gasteiger partial charge is 0.205 e. The second kappa shape index (κ2) is 6.51. The van der Waals surface area contributed by atoms with Crippen molar-refractivity contribution in [3.05, 3.63) is 64.7 Å². The molecule has 3 nitrogen and oxygen atoms in total. The van der Waals surface area contributed by atoms with Crippen LogP contribution in [-0.4, -0.2) is 17.7 Å². The maximum atomic E-state index is 13.7. The molecule has 0 N–H and O–H groups in total. The highest BCUT2D eigenvalue weighted by molar-refractivity contribution is 6.00. The van der Waals surface area contributed by atoms with Gasteiger partial charge in [-0.1, -0.05) is 0 Å². The Morgan fingerprint density at radius 2 is 1.92 bits per heavy atom. The molecule has 0 heterocycles. The van der Waals surface area contributed by atoms with E-state index < -0.39 is 23.5 Å². The van der Waals surface area contributed by atoms with E-state index in [0.29, 0.717) is 23.8 Å². The fourth-order valence-electron chi connectivity index (χ4n) is 2.86. The van der Waals surface area contributed by atoms with Crippen LogP contribution in [0.4, 0.5) is 8.78 Å². The van der Waals surface area contributed by atoms with Crippen LogP contribution in [0.1, 0.15) is 46.0 Å². The van der Waals surface area contributed by atoms with Gasteiger partial charge in [0.1, 0.15) is 17.4 Å². The molecule has 0 radical (unpaired) electrons. The predicted octanol–water partition coefficient (Wildman–Crippen LogP) is 4.13. The molecule has 5 heteroatoms. The molecule has 0 saturated carbocycles. The van der Waals surface area contributed by atoms with Crippen molar-refractivity contribution >= 4 is 11.6 Å². The van der Waals surface area contributed by atoms with E-state index in [0.717, 1.165) is 30.5 Å². The van der Waals surface area contributed by atoms with E-state index >= 15 is 0 Å². The summed E-state index contributed by atoms with van der Waals surface area (Å²) in [6.07, 6.45) is 1.20. The third kappa shape index (κ3) is 3.20. The normalized spacial score (nSPS) is 14.9. The molecule has 0 bridgehead atoms. The summed E-state index contributed by atoms with van der Waals surface area (Å²) in [6.45, 7) is 1.51. The number of Topliss-reactive ketones (excluding diaryl/α,β-unsaturated/α-hetero) is 2. The van der Waals surface area contributed by atoms with Crippen LogP contribution < -0.4 is 4.74 Å². The lowest BCUT2D eigenvalue weighted by Crippen LogP contribution is -2.25. The summed E-state index contributed by atoms with van der Waals surface area (Å²) in [4.78, 5) is 24.1. The van der Waals surface area contributed by atoms with Gasteiger partial charge in [-0.3, -0.25) is 9.59 Å². The van der Waals surface area contributed by atoms with Gasteiger partial charge in [0.15, 0.2) is 11.9 Å². The van der Waals surface area contributed by atoms with Gasteiger partial charge in [-0.25, -0.2) is 8.78 Å². The number of carbonyl (C=O) groups is 2. The molecule has 3 rings (SSSR count). The first-order valence-corrected chi connectivity index (χ1v) is 7.78. The van der Waals surface area contributed by atoms with Crippen molar-refractivity contribution in [2.75, 3.05) is 0 Å². The monoisotopic (exact) mass is 330 g/mol. The molecule has 2 aromatic carbocycles. The first-order chi connectivity index (χ1) is 11.5. The van der Waals surface area contributed by atoms with Gasteiger partial charge < -0.3 is 4.74 Å². The van der Waals surface area contributed by atoms with Gasteiger partial charge in [0.25, 0.3) is 0 Å². The second-order valence-electron chi connectivity index (χ2n) is 5.84. The van der Waals surface area contributed by atoms with Gasteiger partial charge in [0.05, 0.1) is 5.56 Å². The van der Waals surface area contributed by atoms with Crippen LogP contribution in [0.15, 0.2) is 36.4 Å². The van der Waals surface area contributed by atoms with Crippen molar-refractivity contribution in [1.29, 1.82) is 0 Å². The molecule has 0 unspecified atom stereocenters. The number of rotatable bonds is 4. The van der Waals surface area contributed by atoms with Crippen molar-refractivity contribution in [2.24, 2.45) is 0 Å². The lowest BCUT2D eigenvalue weighted by Gasteiger charge is -2.18. The molecule has 2 aromatic rings. The highest BCUT2D eigenvalue weighted by atomic mass is 19.1. The number of ketones is 2. The molecule has 0 aromatic heterocycles. The summed E-state index contributed by atoms with van der Waals surface area (Å²) < 4.78 is 32.3. The number of halogens is 2. The average molecular weight is 330 g/mol. The Hall–Kier alpha value is -2.56. The van der Waals surface area contributed by atoms with Gasteiger partial charge in [-0.05, 0) is 55.7 Å². The Morgan fingerprint density at radius 1 is 1.12 bits per heavy atom. The molecular formula is C19H16F2O3. The highest BCUT2D eigenvalue weighted by Crippen LogP contribution is 2.26. The van der Waals surface area contributed by atoms with Crippen molar-refractivity contribution in [2.45, 2.75) is 32.3 Å². The first kappa shape index (κ1) is 16.3. The molecule has 1 atom stereocenters. The quantitative estimate of drug-likeness (QED) is 0.792. The number of hydrogen-bond donors (Lipinski definition) is 0. The number of ether oxygens (including phenoxy) is 1. The first-order valence-electron chi connectivity index (χ1n) is 7.78. The van der Waals surface area contributed by atoms with E-state index in [2.05, 4.69) is 0 Å². The van der Waals surface area contributed by atoms with Crippen LogP contribution in [-0.2, 0) is 6.42 Å². The zero-order chi connectivity index (χ0) is 17.3. The summed E-state index contributed by atoms with van der Waals surface area (Å²) in [5, 5.41) is 0. The number of hydrogen-bond acceptors (Lipinski definition) is 3. The van der Waals surface area contributed by atoms with Crippen LogP contribution in [0.5, 0.6) is 5.75 Å². The van der Waals surface area contributed by atoms with Crippen LogP contribution in [0.2, 0.25) is 0 Å². The molecule has 124 valence electrons. The summed E-state index contributed by atoms with van der Waals surface area (Å²) in [7, 11) is 0. The van der Waals surface area contributed by atoms with Crippen LogP contribution >= 0.6 is 0 Å². The Morgan fingerprint density at radius 3 is 2.67 bits per heavy atom. The summed E-state index contributed by atoms with van der Waals surface area (Å²) in [5.74, 6) is -1.66. The molecule has 1 aliphatic carbocycles. The van der Waals surface area contributed by atoms with Gasteiger partial charge in [-0.2, -0.15) is 0 Å². The maximum absolute atomic E-state index is 13.7. The summed E-state index contributed by atoms with van der Waals surface area (Å²) in [5.41, 5.74) is 1.38. The Bertz CT molecular complexity index is 814. The van der Waals surface area contributed by atoms with E-state index in [1.54, 1.807) is 18.2 Å². The largest absolute Gasteiger partial charge is 0.483 e. The summed E-state index contributed by atoms with van der Waals surface area (Å²) in [6, 6.07) is 7.89. The van der Waals surface area contributed by atoms with E-state index in [1.807, 2.05) is 0 Å².